The topological polar surface area (TPSA) is 189 Å². The molecule has 1 saturated heterocycles. The van der Waals surface area contributed by atoms with Gasteiger partial charge in [0.1, 0.15) is 11.8 Å². The molecule has 1 fully saturated rings. The number of nitrogens with zero attached hydrogens (tertiary/aromatic N) is 1. The Morgan fingerprint density at radius 3 is 2.33 bits per heavy atom. The van der Waals surface area contributed by atoms with Crippen molar-refractivity contribution >= 4 is 53.0 Å². The van der Waals surface area contributed by atoms with Gasteiger partial charge in [-0.3, -0.25) is 29.2 Å². The van der Waals surface area contributed by atoms with Gasteiger partial charge in [0, 0.05) is 46.6 Å². The molecule has 0 spiro atoms. The molecule has 4 aromatic rings. The van der Waals surface area contributed by atoms with Crippen LogP contribution in [0.4, 0.5) is 0 Å². The standard InChI is InChI=1S/C30H29N4O8P/c35-26(32-24(30(38)39)14-18-15-31-22-10-2-1-7-19(18)22)23-13-17(27(33-23)43(40,41)42)11-12-34-28(36)20-8-3-5-16-6-4-9-21(25(16)20)29(34)37/h1-10,15,17,23-24,27,31,33H,11-14H2,(H,32,35)(H,38,39)(H2,40,41,42)/t17-,23+,24+,27+/m1/s1. The smallest absolute Gasteiger partial charge is 0.342 e. The number of aromatic amines is 1. The highest BCUT2D eigenvalue weighted by Crippen LogP contribution is 2.48. The lowest BCUT2D eigenvalue weighted by Gasteiger charge is -2.29. The van der Waals surface area contributed by atoms with Crippen molar-refractivity contribution < 1.29 is 38.6 Å². The number of hydrogen-bond donors (Lipinski definition) is 6. The van der Waals surface area contributed by atoms with E-state index >= 15 is 0 Å². The molecule has 3 heterocycles. The van der Waals surface area contributed by atoms with E-state index in [2.05, 4.69) is 15.6 Å². The summed E-state index contributed by atoms with van der Waals surface area (Å²) < 4.78 is 12.4. The van der Waals surface area contributed by atoms with Gasteiger partial charge in [0.2, 0.25) is 5.91 Å². The van der Waals surface area contributed by atoms with Crippen LogP contribution in [-0.2, 0) is 20.6 Å². The minimum Gasteiger partial charge on any atom is -0.480 e. The normalized spacial score (nSPS) is 21.0. The Labute approximate surface area is 245 Å². The average Bonchev–Trinajstić information content (AvgIpc) is 3.60. The van der Waals surface area contributed by atoms with Gasteiger partial charge in [-0.25, -0.2) is 4.79 Å². The second-order valence-corrected chi connectivity index (χ2v) is 12.7. The van der Waals surface area contributed by atoms with Crippen molar-refractivity contribution in [1.82, 2.24) is 20.5 Å². The van der Waals surface area contributed by atoms with Crippen molar-refractivity contribution in [3.63, 3.8) is 0 Å². The average molecular weight is 605 g/mol. The van der Waals surface area contributed by atoms with Crippen LogP contribution in [0, 0.1) is 5.92 Å². The van der Waals surface area contributed by atoms with Gasteiger partial charge in [0.15, 0.2) is 0 Å². The van der Waals surface area contributed by atoms with E-state index in [0.29, 0.717) is 22.1 Å². The van der Waals surface area contributed by atoms with E-state index in [1.165, 1.54) is 0 Å². The Morgan fingerprint density at radius 2 is 1.67 bits per heavy atom. The quantitative estimate of drug-likeness (QED) is 0.123. The number of para-hydroxylation sites is 1. The van der Waals surface area contributed by atoms with Crippen LogP contribution in [0.5, 0.6) is 0 Å². The Kier molecular flexibility index (Phi) is 7.39. The molecule has 3 aromatic carbocycles. The van der Waals surface area contributed by atoms with Gasteiger partial charge in [-0.05, 0) is 47.9 Å². The second kappa shape index (κ2) is 11.1. The van der Waals surface area contributed by atoms with Gasteiger partial charge < -0.3 is 25.2 Å². The summed E-state index contributed by atoms with van der Waals surface area (Å²) in [6.07, 6.45) is 1.68. The molecule has 6 rings (SSSR count). The van der Waals surface area contributed by atoms with Crippen molar-refractivity contribution in [2.45, 2.75) is 37.1 Å². The zero-order chi connectivity index (χ0) is 30.5. The number of rotatable bonds is 9. The molecule has 3 amide bonds. The number of hydrogen-bond acceptors (Lipinski definition) is 6. The highest BCUT2D eigenvalue weighted by molar-refractivity contribution is 7.52. The summed E-state index contributed by atoms with van der Waals surface area (Å²) in [5, 5.41) is 17.2. The first kappa shape index (κ1) is 28.8. The Morgan fingerprint density at radius 1 is 1.00 bits per heavy atom. The maximum absolute atomic E-state index is 13.3. The number of carbonyl (C=O) groups is 4. The lowest BCUT2D eigenvalue weighted by molar-refractivity contribution is -0.142. The van der Waals surface area contributed by atoms with Gasteiger partial charge >= 0.3 is 13.6 Å². The maximum Gasteiger partial charge on any atom is 0.342 e. The van der Waals surface area contributed by atoms with E-state index in [0.717, 1.165) is 21.2 Å². The largest absolute Gasteiger partial charge is 0.480 e. The van der Waals surface area contributed by atoms with E-state index in [1.54, 1.807) is 30.5 Å². The van der Waals surface area contributed by atoms with Crippen LogP contribution in [0.1, 0.15) is 39.1 Å². The minimum absolute atomic E-state index is 0.00340. The zero-order valence-electron chi connectivity index (χ0n) is 22.8. The molecule has 0 unspecified atom stereocenters. The molecular weight excluding hydrogens is 575 g/mol. The van der Waals surface area contributed by atoms with Gasteiger partial charge in [-0.15, -0.1) is 0 Å². The van der Waals surface area contributed by atoms with Crippen LogP contribution >= 0.6 is 7.60 Å². The van der Waals surface area contributed by atoms with Crippen molar-refractivity contribution in [2.24, 2.45) is 5.92 Å². The molecular formula is C30H29N4O8P. The first-order valence-corrected chi connectivity index (χ1v) is 15.5. The fourth-order valence-corrected chi connectivity index (χ4v) is 7.44. The number of aliphatic carboxylic acids is 1. The van der Waals surface area contributed by atoms with Crippen LogP contribution in [0.25, 0.3) is 21.7 Å². The van der Waals surface area contributed by atoms with E-state index in [1.807, 2.05) is 36.4 Å². The first-order valence-electron chi connectivity index (χ1n) is 13.8. The fourth-order valence-electron chi connectivity index (χ4n) is 6.24. The molecule has 222 valence electrons. The van der Waals surface area contributed by atoms with Crippen molar-refractivity contribution in [3.8, 4) is 0 Å². The van der Waals surface area contributed by atoms with Crippen molar-refractivity contribution in [3.05, 3.63) is 83.6 Å². The number of benzene rings is 3. The molecule has 12 nitrogen and oxygen atoms in total. The van der Waals surface area contributed by atoms with Crippen LogP contribution in [-0.4, -0.2) is 72.9 Å². The third-order valence-electron chi connectivity index (χ3n) is 8.33. The Bertz CT molecular complexity index is 1780. The molecule has 0 aliphatic carbocycles. The number of fused-ring (bicyclic) bond motifs is 1. The van der Waals surface area contributed by atoms with E-state index in [4.69, 9.17) is 0 Å². The summed E-state index contributed by atoms with van der Waals surface area (Å²) in [4.78, 5) is 76.1. The molecule has 6 N–H and O–H groups in total. The van der Waals surface area contributed by atoms with Crippen LogP contribution in [0.2, 0.25) is 0 Å². The molecule has 4 atom stereocenters. The van der Waals surface area contributed by atoms with E-state index in [9.17, 15) is 38.6 Å². The third kappa shape index (κ3) is 5.34. The number of carboxylic acids is 1. The number of nitrogens with one attached hydrogen (secondary N) is 3. The zero-order valence-corrected chi connectivity index (χ0v) is 23.7. The van der Waals surface area contributed by atoms with E-state index in [-0.39, 0.29) is 25.8 Å². The number of imide groups is 1. The van der Waals surface area contributed by atoms with Gasteiger partial charge in [-0.2, -0.15) is 0 Å². The summed E-state index contributed by atoms with van der Waals surface area (Å²) >= 11 is 0. The van der Waals surface area contributed by atoms with E-state index < -0.39 is 55.1 Å². The summed E-state index contributed by atoms with van der Waals surface area (Å²) in [7, 11) is -4.76. The molecule has 0 radical (unpaired) electrons. The number of carbonyl (C=O) groups excluding carboxylic acids is 3. The second-order valence-electron chi connectivity index (χ2n) is 11.0. The molecule has 1 aromatic heterocycles. The third-order valence-corrected chi connectivity index (χ3v) is 9.62. The maximum atomic E-state index is 13.3. The monoisotopic (exact) mass is 604 g/mol. The SMILES string of the molecule is O=C(O)[C@H](Cc1c[nH]c2ccccc12)NC(=O)[C@@H]1C[C@@H](CCN2C(=O)c3cccc4cccc(c34)C2=O)[C@H](P(=O)(O)O)N1. The lowest BCUT2D eigenvalue weighted by Crippen LogP contribution is -2.50. The molecule has 2 aliphatic rings. The van der Waals surface area contributed by atoms with Crippen molar-refractivity contribution in [2.75, 3.05) is 6.54 Å². The number of H-pyrrole nitrogens is 1. The van der Waals surface area contributed by atoms with Crippen LogP contribution in [0.15, 0.2) is 66.9 Å². The Balaban J connectivity index is 1.16. The summed E-state index contributed by atoms with van der Waals surface area (Å²) in [6.45, 7) is -0.113. The molecule has 13 heteroatoms. The summed E-state index contributed by atoms with van der Waals surface area (Å²) in [6, 6.07) is 15.3. The number of aromatic nitrogens is 1. The molecule has 2 aliphatic heterocycles. The van der Waals surface area contributed by atoms with Gasteiger partial charge in [0.05, 0.1) is 6.04 Å². The minimum atomic E-state index is -4.76. The fraction of sp³-hybridized carbons (Fsp3) is 0.267. The predicted octanol–water partition coefficient (Wildman–Crippen LogP) is 2.60. The van der Waals surface area contributed by atoms with Crippen LogP contribution in [0.3, 0.4) is 0 Å². The number of carboxylic acid groups (broad SMARTS) is 1. The summed E-state index contributed by atoms with van der Waals surface area (Å²) in [5.41, 5.74) is 2.26. The molecule has 0 saturated carbocycles. The van der Waals surface area contributed by atoms with Crippen LogP contribution < -0.4 is 10.6 Å². The predicted molar refractivity (Wildman–Crippen MR) is 156 cm³/mol. The van der Waals surface area contributed by atoms with Gasteiger partial charge in [0.25, 0.3) is 11.8 Å². The number of amides is 3. The highest BCUT2D eigenvalue weighted by atomic mass is 31.2. The molecule has 0 bridgehead atoms. The highest BCUT2D eigenvalue weighted by Gasteiger charge is 2.47. The van der Waals surface area contributed by atoms with Crippen molar-refractivity contribution in [1.29, 1.82) is 0 Å². The van der Waals surface area contributed by atoms with Gasteiger partial charge in [-0.1, -0.05) is 42.5 Å². The lowest BCUT2D eigenvalue weighted by atomic mass is 9.93. The summed E-state index contributed by atoms with van der Waals surface area (Å²) in [5.74, 6) is -5.14. The molecule has 43 heavy (non-hydrogen) atoms. The first-order chi connectivity index (χ1) is 20.5. The Hall–Kier alpha value is -4.35.